The Hall–Kier alpha value is -3.60. The highest BCUT2D eigenvalue weighted by atomic mass is 35.5. The molecule has 1 N–H and O–H groups in total. The summed E-state index contributed by atoms with van der Waals surface area (Å²) in [6.07, 6.45) is 5.40. The zero-order valence-corrected chi connectivity index (χ0v) is 23.6. The van der Waals surface area contributed by atoms with Gasteiger partial charge in [0.15, 0.2) is 5.16 Å². The van der Waals surface area contributed by atoms with E-state index in [1.54, 1.807) is 42.6 Å². The number of amides is 1. The van der Waals surface area contributed by atoms with Gasteiger partial charge >= 0.3 is 0 Å². The molecule has 0 saturated carbocycles. The number of halogens is 1. The normalized spacial score (nSPS) is 12.9. The molecule has 0 spiro atoms. The molecule has 1 aliphatic carbocycles. The maximum absolute atomic E-state index is 13.4. The zero-order valence-electron chi connectivity index (χ0n) is 21.2. The van der Waals surface area contributed by atoms with Crippen LogP contribution in [-0.4, -0.2) is 27.0 Å². The molecule has 39 heavy (non-hydrogen) atoms. The van der Waals surface area contributed by atoms with Gasteiger partial charge in [-0.2, -0.15) is 0 Å². The number of aryl methyl sites for hydroxylation is 3. The summed E-state index contributed by atoms with van der Waals surface area (Å²) in [6.45, 7) is 3.72. The van der Waals surface area contributed by atoms with Crippen molar-refractivity contribution < 1.29 is 9.72 Å². The molecule has 0 fully saturated rings. The summed E-state index contributed by atoms with van der Waals surface area (Å²) in [7, 11) is 0. The van der Waals surface area contributed by atoms with Gasteiger partial charge in [0, 0.05) is 39.3 Å². The van der Waals surface area contributed by atoms with Gasteiger partial charge in [-0.15, -0.1) is 11.3 Å². The number of nitro groups is 1. The lowest BCUT2D eigenvalue weighted by Crippen LogP contribution is -2.14. The average molecular weight is 578 g/mol. The van der Waals surface area contributed by atoms with Gasteiger partial charge in [0.05, 0.1) is 15.4 Å². The predicted octanol–water partition coefficient (Wildman–Crippen LogP) is 7.75. The molecule has 8 nitrogen and oxygen atoms in total. The summed E-state index contributed by atoms with van der Waals surface area (Å²) in [5.74, 6) is -0.227. The van der Waals surface area contributed by atoms with E-state index in [2.05, 4.69) is 20.3 Å². The summed E-state index contributed by atoms with van der Waals surface area (Å²) in [5, 5.41) is 16.5. The van der Waals surface area contributed by atoms with Crippen molar-refractivity contribution in [2.45, 2.75) is 49.6 Å². The van der Waals surface area contributed by atoms with Gasteiger partial charge in [-0.1, -0.05) is 17.7 Å². The van der Waals surface area contributed by atoms with E-state index in [9.17, 15) is 14.9 Å². The monoisotopic (exact) mass is 577 g/mol. The third-order valence-corrected chi connectivity index (χ3v) is 8.54. The third-order valence-electron chi connectivity index (χ3n) is 6.16. The molecular weight excluding hydrogens is 554 g/mol. The minimum atomic E-state index is -0.419. The molecule has 0 radical (unpaired) electrons. The minimum absolute atomic E-state index is 0.0575. The molecule has 2 aromatic carbocycles. The number of carbonyl (C=O) groups is 1. The average Bonchev–Trinajstić information content (AvgIpc) is 3.27. The SMILES string of the molecule is Cc1cc(C)nc(Sc2ccc(C=Nc3sc4c(c3C(=O)Nc3ccc(Cl)cc3)CCCC4)cc2[N+](=O)[O-])n1. The van der Waals surface area contributed by atoms with Crippen molar-refractivity contribution in [1.82, 2.24) is 9.97 Å². The van der Waals surface area contributed by atoms with Crippen molar-refractivity contribution in [2.24, 2.45) is 4.99 Å². The molecule has 0 aliphatic heterocycles. The Morgan fingerprint density at radius 2 is 1.82 bits per heavy atom. The van der Waals surface area contributed by atoms with E-state index >= 15 is 0 Å². The van der Waals surface area contributed by atoms with E-state index in [0.29, 0.717) is 36.9 Å². The standard InChI is InChI=1S/C28H24ClN5O3S2/c1-16-13-17(2)32-28(31-16)39-24-12-7-18(14-22(24)34(36)37)15-30-27-25(21-5-3-4-6-23(21)38-27)26(35)33-20-10-8-19(29)9-11-20/h7-15H,3-6H2,1-2H3,(H,33,35). The number of thiophene rings is 1. The second kappa shape index (κ2) is 11.6. The molecule has 4 aromatic rings. The predicted molar refractivity (Wildman–Crippen MR) is 156 cm³/mol. The second-order valence-corrected chi connectivity index (χ2v) is 11.7. The maximum Gasteiger partial charge on any atom is 0.283 e. The first-order chi connectivity index (χ1) is 18.8. The first kappa shape index (κ1) is 27.0. The number of hydrogen-bond donors (Lipinski definition) is 1. The van der Waals surface area contributed by atoms with E-state index in [-0.39, 0.29) is 11.6 Å². The fourth-order valence-corrected chi connectivity index (χ4v) is 6.72. The Labute approximate surface area is 238 Å². The number of nitrogens with one attached hydrogen (secondary N) is 1. The number of nitro benzene ring substituents is 1. The van der Waals surface area contributed by atoms with Gasteiger partial charge in [-0.05, 0) is 98.8 Å². The van der Waals surface area contributed by atoms with Gasteiger partial charge in [-0.3, -0.25) is 14.9 Å². The quantitative estimate of drug-likeness (QED) is 0.104. The van der Waals surface area contributed by atoms with E-state index in [0.717, 1.165) is 54.4 Å². The molecular formula is C28H24ClN5O3S2. The number of aliphatic imine (C=N–C) groups is 1. The lowest BCUT2D eigenvalue weighted by Gasteiger charge is -2.12. The summed E-state index contributed by atoms with van der Waals surface area (Å²) in [6, 6.07) is 13.7. The van der Waals surface area contributed by atoms with Gasteiger partial charge in [0.1, 0.15) is 5.00 Å². The molecule has 5 rings (SSSR count). The van der Waals surface area contributed by atoms with Crippen LogP contribution >= 0.6 is 34.7 Å². The number of fused-ring (bicyclic) bond motifs is 1. The van der Waals surface area contributed by atoms with Gasteiger partial charge < -0.3 is 5.32 Å². The van der Waals surface area contributed by atoms with Crippen molar-refractivity contribution >= 4 is 63.2 Å². The largest absolute Gasteiger partial charge is 0.322 e. The first-order valence-corrected chi connectivity index (χ1v) is 14.3. The van der Waals surface area contributed by atoms with E-state index in [1.165, 1.54) is 22.3 Å². The third kappa shape index (κ3) is 6.35. The highest BCUT2D eigenvalue weighted by Gasteiger charge is 2.25. The lowest BCUT2D eigenvalue weighted by atomic mass is 9.95. The van der Waals surface area contributed by atoms with Gasteiger partial charge in [0.25, 0.3) is 11.6 Å². The Morgan fingerprint density at radius 1 is 1.10 bits per heavy atom. The fraction of sp³-hybridized carbons (Fsp3) is 0.214. The highest BCUT2D eigenvalue weighted by molar-refractivity contribution is 7.99. The van der Waals surface area contributed by atoms with Crippen molar-refractivity contribution in [3.05, 3.63) is 96.6 Å². The van der Waals surface area contributed by atoms with E-state index in [1.807, 2.05) is 19.9 Å². The lowest BCUT2D eigenvalue weighted by molar-refractivity contribution is -0.387. The van der Waals surface area contributed by atoms with Crippen molar-refractivity contribution in [3.63, 3.8) is 0 Å². The van der Waals surface area contributed by atoms with Crippen LogP contribution in [0.3, 0.4) is 0 Å². The van der Waals surface area contributed by atoms with Gasteiger partial charge in [0.2, 0.25) is 0 Å². The molecule has 2 aromatic heterocycles. The topological polar surface area (TPSA) is 110 Å². The number of aromatic nitrogens is 2. The number of rotatable bonds is 7. The van der Waals surface area contributed by atoms with Crippen LogP contribution in [0.25, 0.3) is 0 Å². The second-order valence-electron chi connectivity index (χ2n) is 9.13. The molecule has 2 heterocycles. The van der Waals surface area contributed by atoms with Crippen molar-refractivity contribution in [3.8, 4) is 0 Å². The Morgan fingerprint density at radius 3 is 2.54 bits per heavy atom. The highest BCUT2D eigenvalue weighted by Crippen LogP contribution is 2.40. The number of carbonyl (C=O) groups excluding carboxylic acids is 1. The van der Waals surface area contributed by atoms with Crippen LogP contribution in [-0.2, 0) is 12.8 Å². The zero-order chi connectivity index (χ0) is 27.5. The Kier molecular flexibility index (Phi) is 8.06. The summed E-state index contributed by atoms with van der Waals surface area (Å²) in [5.41, 5.74) is 4.34. The van der Waals surface area contributed by atoms with Crippen LogP contribution in [0.4, 0.5) is 16.4 Å². The van der Waals surface area contributed by atoms with Crippen LogP contribution in [0.5, 0.6) is 0 Å². The molecule has 0 unspecified atom stereocenters. The summed E-state index contributed by atoms with van der Waals surface area (Å²) >= 11 is 8.64. The Balaban J connectivity index is 1.44. The minimum Gasteiger partial charge on any atom is -0.322 e. The summed E-state index contributed by atoms with van der Waals surface area (Å²) in [4.78, 5) is 39.9. The number of nitrogens with zero attached hydrogens (tertiary/aromatic N) is 4. The summed E-state index contributed by atoms with van der Waals surface area (Å²) < 4.78 is 0. The van der Waals surface area contributed by atoms with Gasteiger partial charge in [-0.25, -0.2) is 15.0 Å². The smallest absolute Gasteiger partial charge is 0.283 e. The van der Waals surface area contributed by atoms with Crippen molar-refractivity contribution in [1.29, 1.82) is 0 Å². The van der Waals surface area contributed by atoms with E-state index in [4.69, 9.17) is 11.6 Å². The van der Waals surface area contributed by atoms with Crippen molar-refractivity contribution in [2.75, 3.05) is 5.32 Å². The molecule has 1 aliphatic rings. The van der Waals surface area contributed by atoms with Crippen LogP contribution in [0.15, 0.2) is 63.6 Å². The maximum atomic E-state index is 13.4. The molecule has 0 atom stereocenters. The van der Waals surface area contributed by atoms with Crippen LogP contribution in [0.2, 0.25) is 5.02 Å². The van der Waals surface area contributed by atoms with E-state index < -0.39 is 4.92 Å². The molecule has 1 amide bonds. The fourth-order valence-electron chi connectivity index (χ4n) is 4.42. The Bertz CT molecular complexity index is 1580. The molecule has 11 heteroatoms. The number of benzene rings is 2. The van der Waals surface area contributed by atoms with Crippen LogP contribution < -0.4 is 5.32 Å². The number of anilines is 1. The molecule has 0 saturated heterocycles. The number of hydrogen-bond acceptors (Lipinski definition) is 8. The van der Waals surface area contributed by atoms with Crippen LogP contribution in [0, 0.1) is 24.0 Å². The first-order valence-electron chi connectivity index (χ1n) is 12.3. The van der Waals surface area contributed by atoms with Crippen LogP contribution in [0.1, 0.15) is 50.6 Å². The molecule has 0 bridgehead atoms. The molecule has 198 valence electrons.